The monoisotopic (exact) mass is 328 g/mol. The van der Waals surface area contributed by atoms with Crippen LogP contribution in [0.3, 0.4) is 0 Å². The number of nitrogens with zero attached hydrogens (tertiary/aromatic N) is 2. The quantitative estimate of drug-likeness (QED) is 0.843. The predicted octanol–water partition coefficient (Wildman–Crippen LogP) is 3.46. The molecule has 1 aliphatic rings. The number of ether oxygens (including phenoxy) is 1. The van der Waals surface area contributed by atoms with Crippen molar-refractivity contribution in [3.63, 3.8) is 0 Å². The van der Waals surface area contributed by atoms with Crippen molar-refractivity contribution < 1.29 is 14.1 Å². The number of likely N-dealkylation sites (N-methyl/N-ethyl adjacent to an activating group) is 1. The minimum Gasteiger partial charge on any atom is -0.497 e. The topological polar surface area (TPSA) is 55.6 Å². The lowest BCUT2D eigenvalue weighted by Gasteiger charge is -2.32. The van der Waals surface area contributed by atoms with E-state index in [9.17, 15) is 4.79 Å². The Balaban J connectivity index is 1.87. The van der Waals surface area contributed by atoms with Crippen LogP contribution in [0.25, 0.3) is 0 Å². The maximum Gasteiger partial charge on any atom is 0.233 e. The van der Waals surface area contributed by atoms with E-state index in [1.165, 1.54) is 0 Å². The van der Waals surface area contributed by atoms with Crippen molar-refractivity contribution >= 4 is 5.91 Å². The van der Waals surface area contributed by atoms with Crippen molar-refractivity contribution in [1.82, 2.24) is 10.1 Å². The van der Waals surface area contributed by atoms with Crippen molar-refractivity contribution in [3.05, 3.63) is 47.3 Å². The van der Waals surface area contributed by atoms with Gasteiger partial charge in [0, 0.05) is 13.1 Å². The zero-order chi connectivity index (χ0) is 17.2. The molecule has 1 heterocycles. The molecule has 5 nitrogen and oxygen atoms in total. The number of aromatic nitrogens is 1. The second-order valence-corrected chi connectivity index (χ2v) is 6.61. The molecule has 1 aromatic heterocycles. The van der Waals surface area contributed by atoms with Gasteiger partial charge in [0.2, 0.25) is 5.91 Å². The summed E-state index contributed by atoms with van der Waals surface area (Å²) in [5.41, 5.74) is 1.37. The maximum absolute atomic E-state index is 13.3. The fourth-order valence-corrected chi connectivity index (χ4v) is 3.70. The molecule has 0 atom stereocenters. The van der Waals surface area contributed by atoms with Crippen molar-refractivity contribution in [2.75, 3.05) is 14.2 Å². The van der Waals surface area contributed by atoms with E-state index in [0.717, 1.165) is 48.5 Å². The van der Waals surface area contributed by atoms with E-state index in [2.05, 4.69) is 5.16 Å². The van der Waals surface area contributed by atoms with Crippen LogP contribution in [0.4, 0.5) is 0 Å². The van der Waals surface area contributed by atoms with E-state index in [-0.39, 0.29) is 5.91 Å². The highest BCUT2D eigenvalue weighted by Gasteiger charge is 2.44. The molecule has 1 aliphatic carbocycles. The average molecular weight is 328 g/mol. The summed E-state index contributed by atoms with van der Waals surface area (Å²) in [6.07, 6.45) is 3.89. The Hall–Kier alpha value is -2.30. The first kappa shape index (κ1) is 16.6. The minimum absolute atomic E-state index is 0.147. The van der Waals surface area contributed by atoms with Gasteiger partial charge in [-0.25, -0.2) is 0 Å². The van der Waals surface area contributed by atoms with Gasteiger partial charge in [-0.2, -0.15) is 0 Å². The number of hydrogen-bond donors (Lipinski definition) is 0. The Kier molecular flexibility index (Phi) is 4.60. The SMILES string of the molecule is COc1cccc(C2(C(=O)N(C)Cc3cc(C)on3)CCCC2)c1. The largest absolute Gasteiger partial charge is 0.497 e. The summed E-state index contributed by atoms with van der Waals surface area (Å²) in [7, 11) is 3.49. The Morgan fingerprint density at radius 1 is 1.33 bits per heavy atom. The number of methoxy groups -OCH3 is 1. The molecular weight excluding hydrogens is 304 g/mol. The lowest BCUT2D eigenvalue weighted by molar-refractivity contribution is -0.136. The molecule has 1 amide bonds. The van der Waals surface area contributed by atoms with Gasteiger partial charge in [-0.15, -0.1) is 0 Å². The van der Waals surface area contributed by atoms with Gasteiger partial charge >= 0.3 is 0 Å². The average Bonchev–Trinajstić information content (AvgIpc) is 3.24. The molecule has 3 rings (SSSR count). The van der Waals surface area contributed by atoms with E-state index in [1.807, 2.05) is 44.3 Å². The number of benzene rings is 1. The van der Waals surface area contributed by atoms with E-state index in [1.54, 1.807) is 12.0 Å². The normalized spacial score (nSPS) is 16.1. The Morgan fingerprint density at radius 2 is 2.08 bits per heavy atom. The molecular formula is C19H24N2O3. The fourth-order valence-electron chi connectivity index (χ4n) is 3.70. The third kappa shape index (κ3) is 3.03. The molecule has 0 bridgehead atoms. The van der Waals surface area contributed by atoms with Crippen LogP contribution in [-0.2, 0) is 16.8 Å². The van der Waals surface area contributed by atoms with Gasteiger partial charge in [0.25, 0.3) is 0 Å². The molecule has 0 aliphatic heterocycles. The molecule has 1 aromatic carbocycles. The van der Waals surface area contributed by atoms with Gasteiger partial charge in [0.05, 0.1) is 19.1 Å². The van der Waals surface area contributed by atoms with Crippen molar-refractivity contribution in [2.24, 2.45) is 0 Å². The van der Waals surface area contributed by atoms with Crippen LogP contribution < -0.4 is 4.74 Å². The van der Waals surface area contributed by atoms with Gasteiger partial charge in [-0.3, -0.25) is 4.79 Å². The van der Waals surface area contributed by atoms with Crippen LogP contribution in [0.2, 0.25) is 0 Å². The summed E-state index contributed by atoms with van der Waals surface area (Å²) >= 11 is 0. The van der Waals surface area contributed by atoms with Gasteiger partial charge in [0.1, 0.15) is 17.2 Å². The third-order valence-corrected chi connectivity index (χ3v) is 4.91. The van der Waals surface area contributed by atoms with Gasteiger partial charge in [-0.05, 0) is 37.5 Å². The highest BCUT2D eigenvalue weighted by atomic mass is 16.5. The summed E-state index contributed by atoms with van der Waals surface area (Å²) in [5.74, 6) is 1.70. The summed E-state index contributed by atoms with van der Waals surface area (Å²) < 4.78 is 10.5. The molecule has 0 radical (unpaired) electrons. The van der Waals surface area contributed by atoms with Crippen molar-refractivity contribution in [3.8, 4) is 5.75 Å². The smallest absolute Gasteiger partial charge is 0.233 e. The summed E-state index contributed by atoms with van der Waals surface area (Å²) in [6, 6.07) is 9.79. The van der Waals surface area contributed by atoms with Gasteiger partial charge in [-0.1, -0.05) is 30.1 Å². The van der Waals surface area contributed by atoms with Gasteiger partial charge in [0.15, 0.2) is 0 Å². The molecule has 5 heteroatoms. The Bertz CT molecular complexity index is 717. The molecule has 0 unspecified atom stereocenters. The highest BCUT2D eigenvalue weighted by molar-refractivity contribution is 5.88. The van der Waals surface area contributed by atoms with Crippen molar-refractivity contribution in [1.29, 1.82) is 0 Å². The Labute approximate surface area is 142 Å². The lowest BCUT2D eigenvalue weighted by atomic mass is 9.77. The van der Waals surface area contributed by atoms with Gasteiger partial charge < -0.3 is 14.2 Å². The molecule has 1 fully saturated rings. The van der Waals surface area contributed by atoms with E-state index >= 15 is 0 Å². The standard InChI is InChI=1S/C19H24N2O3/c1-14-11-16(20-24-14)13-21(2)18(22)19(9-4-5-10-19)15-7-6-8-17(12-15)23-3/h6-8,11-12H,4-5,9-10,13H2,1-3H3. The molecule has 1 saturated carbocycles. The van der Waals surface area contributed by atoms with E-state index in [4.69, 9.17) is 9.26 Å². The third-order valence-electron chi connectivity index (χ3n) is 4.91. The number of carbonyl (C=O) groups excluding carboxylic acids is 1. The number of carbonyl (C=O) groups is 1. The molecule has 24 heavy (non-hydrogen) atoms. The van der Waals surface area contributed by atoms with E-state index in [0.29, 0.717) is 6.54 Å². The molecule has 0 spiro atoms. The second kappa shape index (κ2) is 6.67. The van der Waals surface area contributed by atoms with Crippen LogP contribution in [0.1, 0.15) is 42.7 Å². The molecule has 2 aromatic rings. The first-order valence-corrected chi connectivity index (χ1v) is 8.37. The molecule has 0 saturated heterocycles. The maximum atomic E-state index is 13.3. The van der Waals surface area contributed by atoms with Crippen molar-refractivity contribution in [2.45, 2.75) is 44.6 Å². The van der Waals surface area contributed by atoms with E-state index < -0.39 is 5.41 Å². The zero-order valence-corrected chi connectivity index (χ0v) is 14.5. The fraction of sp³-hybridized carbons (Fsp3) is 0.474. The second-order valence-electron chi connectivity index (χ2n) is 6.61. The highest BCUT2D eigenvalue weighted by Crippen LogP contribution is 2.43. The van der Waals surface area contributed by atoms with Crippen LogP contribution in [0, 0.1) is 6.92 Å². The summed E-state index contributed by atoms with van der Waals surface area (Å²) in [6.45, 7) is 2.31. The molecule has 0 N–H and O–H groups in total. The predicted molar refractivity (Wildman–Crippen MR) is 90.9 cm³/mol. The lowest BCUT2D eigenvalue weighted by Crippen LogP contribution is -2.43. The summed E-state index contributed by atoms with van der Waals surface area (Å²) in [4.78, 5) is 15.1. The zero-order valence-electron chi connectivity index (χ0n) is 14.5. The number of hydrogen-bond acceptors (Lipinski definition) is 4. The first-order valence-electron chi connectivity index (χ1n) is 8.37. The Morgan fingerprint density at radius 3 is 2.71 bits per heavy atom. The van der Waals surface area contributed by atoms with Crippen LogP contribution in [0.5, 0.6) is 5.75 Å². The number of aryl methyl sites for hydroxylation is 1. The number of rotatable bonds is 5. The van der Waals surface area contributed by atoms with Crippen LogP contribution in [-0.4, -0.2) is 30.1 Å². The number of amides is 1. The van der Waals surface area contributed by atoms with Crippen LogP contribution in [0.15, 0.2) is 34.9 Å². The summed E-state index contributed by atoms with van der Waals surface area (Å²) in [5, 5.41) is 4.00. The minimum atomic E-state index is -0.456. The molecule has 128 valence electrons. The first-order chi connectivity index (χ1) is 11.5. The van der Waals surface area contributed by atoms with Crippen LogP contribution >= 0.6 is 0 Å².